The predicted molar refractivity (Wildman–Crippen MR) is 202 cm³/mol. The lowest BCUT2D eigenvalue weighted by Crippen LogP contribution is -2.57. The topological polar surface area (TPSA) is 151 Å². The maximum atomic E-state index is 14.2. The number of nitrogens with zero attached hydrogens (tertiary/aromatic N) is 5. The van der Waals surface area contributed by atoms with Crippen molar-refractivity contribution in [3.63, 3.8) is 0 Å². The number of likely N-dealkylation sites (N-methyl/N-ethyl adjacent to an activating group) is 2. The summed E-state index contributed by atoms with van der Waals surface area (Å²) in [5.41, 5.74) is 2.77. The SMILES string of the molecule is CN(C(=O)[C@H](Cc1cc(F)cc(F)c1)NC(=O)NS(=O)(=O)N[C@@H](Cc1cc(F)cc(F)c1)C(=O)N(C)c1ccc2c(c1)ncn2C)c1ccc2c(ccn2C)c1. The smallest absolute Gasteiger partial charge is 0.330 e. The van der Waals surface area contributed by atoms with E-state index in [-0.39, 0.29) is 11.1 Å². The van der Waals surface area contributed by atoms with Crippen molar-refractivity contribution >= 4 is 61.4 Å². The van der Waals surface area contributed by atoms with Gasteiger partial charge in [-0.15, -0.1) is 0 Å². The first-order chi connectivity index (χ1) is 26.5. The number of nitrogens with one attached hydrogen (secondary N) is 3. The second-order valence-electron chi connectivity index (χ2n) is 13.3. The Labute approximate surface area is 318 Å². The van der Waals surface area contributed by atoms with Crippen LogP contribution >= 0.6 is 0 Å². The van der Waals surface area contributed by atoms with Crippen LogP contribution in [0.1, 0.15) is 11.1 Å². The van der Waals surface area contributed by atoms with Gasteiger partial charge in [0, 0.05) is 75.2 Å². The molecule has 292 valence electrons. The molecule has 2 heterocycles. The van der Waals surface area contributed by atoms with Gasteiger partial charge >= 0.3 is 16.2 Å². The molecule has 0 aliphatic rings. The lowest BCUT2D eigenvalue weighted by molar-refractivity contribution is -0.120. The molecule has 6 aromatic rings. The summed E-state index contributed by atoms with van der Waals surface area (Å²) in [6, 6.07) is 12.1. The molecule has 2 atom stereocenters. The van der Waals surface area contributed by atoms with Crippen LogP contribution < -0.4 is 24.6 Å². The average Bonchev–Trinajstić information content (AvgIpc) is 3.69. The highest BCUT2D eigenvalue weighted by atomic mass is 32.2. The van der Waals surface area contributed by atoms with Crippen molar-refractivity contribution in [2.45, 2.75) is 24.9 Å². The fraction of sp³-hybridized carbons (Fsp3) is 0.211. The third-order valence-electron chi connectivity index (χ3n) is 9.16. The van der Waals surface area contributed by atoms with Crippen LogP contribution in [0.15, 0.2) is 91.4 Å². The number of anilines is 2. The van der Waals surface area contributed by atoms with Gasteiger partial charge in [-0.2, -0.15) is 13.1 Å². The molecule has 13 nitrogen and oxygen atoms in total. The Kier molecular flexibility index (Phi) is 11.1. The van der Waals surface area contributed by atoms with E-state index in [4.69, 9.17) is 0 Å². The Hall–Kier alpha value is -6.27. The van der Waals surface area contributed by atoms with Crippen LogP contribution in [-0.2, 0) is 46.7 Å². The van der Waals surface area contributed by atoms with E-state index in [1.165, 1.54) is 19.0 Å². The van der Waals surface area contributed by atoms with E-state index in [1.54, 1.807) is 59.1 Å². The molecule has 4 amide bonds. The molecule has 0 bridgehead atoms. The zero-order chi connectivity index (χ0) is 40.5. The zero-order valence-electron chi connectivity index (χ0n) is 30.4. The maximum absolute atomic E-state index is 14.2. The van der Waals surface area contributed by atoms with Crippen LogP contribution in [0.25, 0.3) is 21.9 Å². The first kappa shape index (κ1) is 39.4. The molecule has 0 saturated carbocycles. The number of aromatic nitrogens is 3. The fourth-order valence-corrected chi connectivity index (χ4v) is 7.29. The second-order valence-corrected chi connectivity index (χ2v) is 14.7. The summed E-state index contributed by atoms with van der Waals surface area (Å²) in [5, 5.41) is 3.07. The monoisotopic (exact) mass is 792 g/mol. The first-order valence-corrected chi connectivity index (χ1v) is 18.5. The number of rotatable bonds is 12. The third kappa shape index (κ3) is 8.98. The standard InChI is InChI=1S/C38H36F4N8O5S/c1-47-10-9-24-17-29(5-7-34(24)47)49(3)36(51)32(15-22-11-25(39)18-26(40)12-22)44-38(53)46-56(54,55)45-33(16-23-13-27(41)19-28(42)14-23)37(52)50(4)30-6-8-35-31(20-30)43-21-48(35)2/h5-14,17-21,32-33,45H,15-16H2,1-4H3,(H2,44,46,53)/t32-,33-/m0/s1. The molecule has 0 aliphatic carbocycles. The van der Waals surface area contributed by atoms with Crippen molar-refractivity contribution < 1.29 is 40.4 Å². The molecule has 0 unspecified atom stereocenters. The van der Waals surface area contributed by atoms with E-state index >= 15 is 0 Å². The van der Waals surface area contributed by atoms with Crippen molar-refractivity contribution in [3.8, 4) is 0 Å². The van der Waals surface area contributed by atoms with Gasteiger partial charge in [-0.25, -0.2) is 32.1 Å². The van der Waals surface area contributed by atoms with Crippen molar-refractivity contribution in [3.05, 3.63) is 126 Å². The highest BCUT2D eigenvalue weighted by Gasteiger charge is 2.32. The Balaban J connectivity index is 1.24. The van der Waals surface area contributed by atoms with E-state index in [0.717, 1.165) is 45.6 Å². The Morgan fingerprint density at radius 3 is 1.80 bits per heavy atom. The zero-order valence-corrected chi connectivity index (χ0v) is 31.2. The summed E-state index contributed by atoms with van der Waals surface area (Å²) in [6.07, 6.45) is 2.39. The fourth-order valence-electron chi connectivity index (χ4n) is 6.37. The van der Waals surface area contributed by atoms with Gasteiger partial charge in [0.25, 0.3) is 0 Å². The van der Waals surface area contributed by atoms with Crippen LogP contribution in [0.4, 0.5) is 33.7 Å². The van der Waals surface area contributed by atoms with Gasteiger partial charge in [0.1, 0.15) is 35.4 Å². The second kappa shape index (κ2) is 15.8. The number of hydrogen-bond acceptors (Lipinski definition) is 6. The van der Waals surface area contributed by atoms with E-state index in [9.17, 15) is 40.4 Å². The quantitative estimate of drug-likeness (QED) is 0.154. The van der Waals surface area contributed by atoms with Gasteiger partial charge in [0.15, 0.2) is 0 Å². The van der Waals surface area contributed by atoms with E-state index in [2.05, 4.69) is 15.0 Å². The van der Waals surface area contributed by atoms with Crippen LogP contribution in [0.3, 0.4) is 0 Å². The summed E-state index contributed by atoms with van der Waals surface area (Å²) in [4.78, 5) is 47.7. The number of imidazole rings is 1. The summed E-state index contributed by atoms with van der Waals surface area (Å²) < 4.78 is 91.0. The van der Waals surface area contributed by atoms with Crippen LogP contribution in [0.2, 0.25) is 0 Å². The molecule has 56 heavy (non-hydrogen) atoms. The predicted octanol–water partition coefficient (Wildman–Crippen LogP) is 4.60. The highest BCUT2D eigenvalue weighted by molar-refractivity contribution is 7.88. The minimum Gasteiger partial charge on any atom is -0.351 e. The molecule has 0 aliphatic heterocycles. The molecule has 0 radical (unpaired) electrons. The summed E-state index contributed by atoms with van der Waals surface area (Å²) in [7, 11) is 1.42. The van der Waals surface area contributed by atoms with Gasteiger partial charge < -0.3 is 24.3 Å². The van der Waals surface area contributed by atoms with Crippen molar-refractivity contribution in [1.29, 1.82) is 0 Å². The number of amides is 4. The molecule has 4 aromatic carbocycles. The number of urea groups is 1. The van der Waals surface area contributed by atoms with Gasteiger partial charge in [-0.1, -0.05) is 0 Å². The molecule has 6 rings (SSSR count). The normalized spacial score (nSPS) is 12.7. The number of carbonyl (C=O) groups excluding carboxylic acids is 3. The third-order valence-corrected chi connectivity index (χ3v) is 10.2. The molecule has 2 aromatic heterocycles. The number of carbonyl (C=O) groups is 3. The Morgan fingerprint density at radius 1 is 0.696 bits per heavy atom. The largest absolute Gasteiger partial charge is 0.351 e. The summed E-state index contributed by atoms with van der Waals surface area (Å²) in [6.45, 7) is 0. The van der Waals surface area contributed by atoms with Gasteiger partial charge in [-0.3, -0.25) is 9.59 Å². The number of fused-ring (bicyclic) bond motifs is 2. The maximum Gasteiger partial charge on any atom is 0.330 e. The van der Waals surface area contributed by atoms with Gasteiger partial charge in [0.05, 0.1) is 17.4 Å². The number of aryl methyl sites for hydroxylation is 2. The van der Waals surface area contributed by atoms with Gasteiger partial charge in [0.2, 0.25) is 11.8 Å². The molecule has 0 saturated heterocycles. The Morgan fingerprint density at radius 2 is 1.21 bits per heavy atom. The van der Waals surface area contributed by atoms with E-state index in [1.807, 2.05) is 23.9 Å². The molecular weight excluding hydrogens is 757 g/mol. The van der Waals surface area contributed by atoms with Crippen molar-refractivity contribution in [1.82, 2.24) is 28.9 Å². The molecule has 18 heteroatoms. The average molecular weight is 793 g/mol. The lowest BCUT2D eigenvalue weighted by Gasteiger charge is -2.26. The van der Waals surface area contributed by atoms with Crippen molar-refractivity contribution in [2.75, 3.05) is 23.9 Å². The molecule has 0 spiro atoms. The van der Waals surface area contributed by atoms with Crippen LogP contribution in [0.5, 0.6) is 0 Å². The van der Waals surface area contributed by atoms with Crippen LogP contribution in [-0.4, -0.2) is 66.6 Å². The molecular formula is C38H36F4N8O5S. The van der Waals surface area contributed by atoms with E-state index in [0.29, 0.717) is 29.0 Å². The minimum atomic E-state index is -4.97. The lowest BCUT2D eigenvalue weighted by atomic mass is 10.0. The van der Waals surface area contributed by atoms with E-state index < -0.39 is 76.2 Å². The number of benzene rings is 4. The van der Waals surface area contributed by atoms with Crippen molar-refractivity contribution in [2.24, 2.45) is 14.1 Å². The molecule has 3 N–H and O–H groups in total. The summed E-state index contributed by atoms with van der Waals surface area (Å²) >= 11 is 0. The Bertz CT molecular complexity index is 2560. The van der Waals surface area contributed by atoms with Crippen LogP contribution in [0, 0.1) is 23.3 Å². The highest BCUT2D eigenvalue weighted by Crippen LogP contribution is 2.24. The first-order valence-electron chi connectivity index (χ1n) is 17.0. The minimum absolute atomic E-state index is 0.0195. The number of hydrogen-bond donors (Lipinski definition) is 3. The van der Waals surface area contributed by atoms with Gasteiger partial charge in [-0.05, 0) is 84.3 Å². The molecule has 0 fully saturated rings. The summed E-state index contributed by atoms with van der Waals surface area (Å²) in [5.74, 6) is -5.45. The number of halogens is 4.